The van der Waals surface area contributed by atoms with Crippen LogP contribution < -0.4 is 4.90 Å². The van der Waals surface area contributed by atoms with Gasteiger partial charge in [0.15, 0.2) is 5.71 Å². The SMILES string of the molecule is Cc1ccc2c(c1C)N(c1ccccc1)C(=O)/C2=N/O. The molecule has 0 fully saturated rings. The Balaban J connectivity index is 2.30. The molecular formula is C16H14N2O2. The summed E-state index contributed by atoms with van der Waals surface area (Å²) in [7, 11) is 0. The summed E-state index contributed by atoms with van der Waals surface area (Å²) in [6.45, 7) is 3.97. The molecule has 2 aromatic rings. The fourth-order valence-electron chi connectivity index (χ4n) is 2.52. The molecule has 2 aromatic carbocycles. The Morgan fingerprint density at radius 2 is 1.75 bits per heavy atom. The third-order valence-electron chi connectivity index (χ3n) is 3.70. The highest BCUT2D eigenvalue weighted by Crippen LogP contribution is 2.39. The second-order valence-corrected chi connectivity index (χ2v) is 4.83. The standard InChI is InChI=1S/C16H14N2O2/c1-10-8-9-13-14(17-20)16(19)18(15(13)11(10)2)12-6-4-3-5-7-12/h3-9,20H,1-2H3/b17-14+. The lowest BCUT2D eigenvalue weighted by Crippen LogP contribution is -2.25. The van der Waals surface area contributed by atoms with Crippen LogP contribution in [0.15, 0.2) is 47.6 Å². The van der Waals surface area contributed by atoms with Crippen LogP contribution in [0, 0.1) is 13.8 Å². The van der Waals surface area contributed by atoms with E-state index < -0.39 is 0 Å². The lowest BCUT2D eigenvalue weighted by Gasteiger charge is -2.19. The van der Waals surface area contributed by atoms with Crippen LogP contribution in [0.3, 0.4) is 0 Å². The van der Waals surface area contributed by atoms with Crippen LogP contribution in [0.2, 0.25) is 0 Å². The second kappa shape index (κ2) is 4.49. The lowest BCUT2D eigenvalue weighted by atomic mass is 10.0. The number of hydrogen-bond donors (Lipinski definition) is 1. The van der Waals surface area contributed by atoms with Crippen molar-refractivity contribution >= 4 is 23.0 Å². The van der Waals surface area contributed by atoms with Crippen LogP contribution in [0.1, 0.15) is 16.7 Å². The molecule has 20 heavy (non-hydrogen) atoms. The van der Waals surface area contributed by atoms with Gasteiger partial charge in [0.25, 0.3) is 5.91 Å². The Bertz CT molecular complexity index is 721. The van der Waals surface area contributed by atoms with E-state index in [0.717, 1.165) is 22.5 Å². The van der Waals surface area contributed by atoms with Crippen LogP contribution in [0.4, 0.5) is 11.4 Å². The summed E-state index contributed by atoms with van der Waals surface area (Å²) in [5.41, 5.74) is 4.44. The molecule has 0 saturated carbocycles. The molecule has 0 spiro atoms. The van der Waals surface area contributed by atoms with Crippen LogP contribution >= 0.6 is 0 Å². The van der Waals surface area contributed by atoms with Crippen molar-refractivity contribution in [3.05, 3.63) is 59.2 Å². The second-order valence-electron chi connectivity index (χ2n) is 4.83. The van der Waals surface area contributed by atoms with Crippen LogP contribution in [-0.2, 0) is 4.79 Å². The summed E-state index contributed by atoms with van der Waals surface area (Å²) in [5.74, 6) is -0.303. The normalized spacial score (nSPS) is 15.8. The molecule has 0 atom stereocenters. The third kappa shape index (κ3) is 1.61. The Morgan fingerprint density at radius 3 is 2.40 bits per heavy atom. The molecule has 3 rings (SSSR count). The minimum absolute atomic E-state index is 0.0898. The van der Waals surface area contributed by atoms with Gasteiger partial charge in [-0.1, -0.05) is 35.5 Å². The number of para-hydroxylation sites is 1. The van der Waals surface area contributed by atoms with Crippen molar-refractivity contribution in [1.82, 2.24) is 0 Å². The molecule has 1 aliphatic rings. The van der Waals surface area contributed by atoms with E-state index in [1.54, 1.807) is 4.90 Å². The first-order chi connectivity index (χ1) is 9.65. The Kier molecular flexibility index (Phi) is 2.79. The molecule has 0 unspecified atom stereocenters. The maximum absolute atomic E-state index is 12.5. The van der Waals surface area contributed by atoms with Gasteiger partial charge in [0.2, 0.25) is 0 Å². The molecule has 1 amide bonds. The van der Waals surface area contributed by atoms with Gasteiger partial charge in [0.1, 0.15) is 0 Å². The zero-order valence-corrected chi connectivity index (χ0v) is 11.3. The van der Waals surface area contributed by atoms with Gasteiger partial charge in [-0.2, -0.15) is 0 Å². The number of nitrogens with zero attached hydrogens (tertiary/aromatic N) is 2. The van der Waals surface area contributed by atoms with Crippen molar-refractivity contribution in [3.8, 4) is 0 Å². The van der Waals surface area contributed by atoms with Crippen molar-refractivity contribution in [2.75, 3.05) is 4.90 Å². The topological polar surface area (TPSA) is 52.9 Å². The molecule has 1 aliphatic heterocycles. The van der Waals surface area contributed by atoms with Gasteiger partial charge in [-0.15, -0.1) is 0 Å². The van der Waals surface area contributed by atoms with Gasteiger partial charge in [-0.05, 0) is 37.1 Å². The number of hydrogen-bond acceptors (Lipinski definition) is 3. The van der Waals surface area contributed by atoms with Gasteiger partial charge >= 0.3 is 0 Å². The van der Waals surface area contributed by atoms with Crippen LogP contribution in [-0.4, -0.2) is 16.8 Å². The van der Waals surface area contributed by atoms with E-state index in [4.69, 9.17) is 5.21 Å². The summed E-state index contributed by atoms with van der Waals surface area (Å²) in [6.07, 6.45) is 0. The van der Waals surface area contributed by atoms with E-state index in [0.29, 0.717) is 5.56 Å². The van der Waals surface area contributed by atoms with Gasteiger partial charge < -0.3 is 5.21 Å². The van der Waals surface area contributed by atoms with Gasteiger partial charge in [0.05, 0.1) is 5.69 Å². The highest BCUT2D eigenvalue weighted by atomic mass is 16.4. The quantitative estimate of drug-likeness (QED) is 0.636. The first kappa shape index (κ1) is 12.4. The van der Waals surface area contributed by atoms with Crippen molar-refractivity contribution in [1.29, 1.82) is 0 Å². The first-order valence-corrected chi connectivity index (χ1v) is 6.37. The van der Waals surface area contributed by atoms with E-state index >= 15 is 0 Å². The van der Waals surface area contributed by atoms with Gasteiger partial charge in [-0.3, -0.25) is 9.69 Å². The number of benzene rings is 2. The van der Waals surface area contributed by atoms with Crippen molar-refractivity contribution in [3.63, 3.8) is 0 Å². The molecule has 1 heterocycles. The highest BCUT2D eigenvalue weighted by Gasteiger charge is 2.37. The van der Waals surface area contributed by atoms with Gasteiger partial charge in [0, 0.05) is 11.3 Å². The van der Waals surface area contributed by atoms with Gasteiger partial charge in [-0.25, -0.2) is 0 Å². The van der Waals surface area contributed by atoms with Crippen LogP contribution in [0.5, 0.6) is 0 Å². The molecule has 4 heteroatoms. The number of amides is 1. The number of fused-ring (bicyclic) bond motifs is 1. The fraction of sp³-hybridized carbons (Fsp3) is 0.125. The molecule has 100 valence electrons. The van der Waals surface area contributed by atoms with Crippen molar-refractivity contribution in [2.24, 2.45) is 5.16 Å². The summed E-state index contributed by atoms with van der Waals surface area (Å²) in [6, 6.07) is 13.1. The van der Waals surface area contributed by atoms with E-state index in [1.165, 1.54) is 0 Å². The molecule has 4 nitrogen and oxygen atoms in total. The Hall–Kier alpha value is -2.62. The highest BCUT2D eigenvalue weighted by molar-refractivity contribution is 6.55. The average molecular weight is 266 g/mol. The Labute approximate surface area is 117 Å². The van der Waals surface area contributed by atoms with Crippen molar-refractivity contribution in [2.45, 2.75) is 13.8 Å². The number of carbonyl (C=O) groups excluding carboxylic acids is 1. The Morgan fingerprint density at radius 1 is 1.05 bits per heavy atom. The molecule has 0 saturated heterocycles. The number of carbonyl (C=O) groups is 1. The molecule has 0 bridgehead atoms. The molecular weight excluding hydrogens is 252 g/mol. The zero-order chi connectivity index (χ0) is 14.3. The number of aryl methyl sites for hydroxylation is 1. The number of oxime groups is 1. The summed E-state index contributed by atoms with van der Waals surface area (Å²) in [5, 5.41) is 12.3. The lowest BCUT2D eigenvalue weighted by molar-refractivity contribution is -0.111. The summed E-state index contributed by atoms with van der Waals surface area (Å²) < 4.78 is 0. The zero-order valence-electron chi connectivity index (χ0n) is 11.3. The third-order valence-corrected chi connectivity index (χ3v) is 3.70. The minimum Gasteiger partial charge on any atom is -0.410 e. The number of rotatable bonds is 1. The smallest absolute Gasteiger partial charge is 0.285 e. The maximum atomic E-state index is 12.5. The molecule has 0 aliphatic carbocycles. The maximum Gasteiger partial charge on any atom is 0.285 e. The molecule has 0 aromatic heterocycles. The van der Waals surface area contributed by atoms with E-state index in [-0.39, 0.29) is 11.6 Å². The molecule has 0 radical (unpaired) electrons. The minimum atomic E-state index is -0.303. The largest absolute Gasteiger partial charge is 0.410 e. The fourth-order valence-corrected chi connectivity index (χ4v) is 2.52. The van der Waals surface area contributed by atoms with E-state index in [9.17, 15) is 4.79 Å². The summed E-state index contributed by atoms with van der Waals surface area (Å²) in [4.78, 5) is 14.1. The number of anilines is 2. The van der Waals surface area contributed by atoms with E-state index in [1.807, 2.05) is 56.3 Å². The van der Waals surface area contributed by atoms with Crippen LogP contribution in [0.25, 0.3) is 0 Å². The predicted octanol–water partition coefficient (Wildman–Crippen LogP) is 3.16. The van der Waals surface area contributed by atoms with E-state index in [2.05, 4.69) is 5.16 Å². The predicted molar refractivity (Wildman–Crippen MR) is 77.8 cm³/mol. The first-order valence-electron chi connectivity index (χ1n) is 6.37. The molecule has 1 N–H and O–H groups in total. The summed E-state index contributed by atoms with van der Waals surface area (Å²) >= 11 is 0. The monoisotopic (exact) mass is 266 g/mol. The van der Waals surface area contributed by atoms with Crippen molar-refractivity contribution < 1.29 is 10.0 Å². The average Bonchev–Trinajstić information content (AvgIpc) is 2.76.